The quantitative estimate of drug-likeness (QED) is 0.241. The summed E-state index contributed by atoms with van der Waals surface area (Å²) < 4.78 is 7.93. The van der Waals surface area contributed by atoms with Crippen LogP contribution in [0.15, 0.2) is 48.8 Å². The van der Waals surface area contributed by atoms with E-state index in [2.05, 4.69) is 15.2 Å². The van der Waals surface area contributed by atoms with Gasteiger partial charge in [-0.3, -0.25) is 24.2 Å². The minimum Gasteiger partial charge on any atom is -0.486 e. The van der Waals surface area contributed by atoms with Crippen LogP contribution in [0.2, 0.25) is 10.0 Å². The number of halogens is 2. The number of pyridine rings is 1. The number of carbonyl (C=O) groups excluding carboxylic acids is 2. The summed E-state index contributed by atoms with van der Waals surface area (Å²) >= 11 is 12.7. The highest BCUT2D eigenvalue weighted by molar-refractivity contribution is 6.35. The second kappa shape index (κ2) is 10.8. The Morgan fingerprint density at radius 3 is 2.44 bits per heavy atom. The average molecular weight is 591 g/mol. The number of carbonyl (C=O) groups is 2. The molecule has 1 fully saturated rings. The van der Waals surface area contributed by atoms with E-state index >= 15 is 0 Å². The first kappa shape index (κ1) is 27.2. The minimum absolute atomic E-state index is 0.0763. The molecule has 1 atom stereocenters. The van der Waals surface area contributed by atoms with Crippen molar-refractivity contribution in [3.8, 4) is 17.0 Å². The number of fused-ring (bicyclic) bond motifs is 2. The van der Waals surface area contributed by atoms with Crippen molar-refractivity contribution >= 4 is 57.0 Å². The van der Waals surface area contributed by atoms with Gasteiger partial charge in [-0.05, 0) is 50.1 Å². The Labute approximate surface area is 246 Å². The van der Waals surface area contributed by atoms with Gasteiger partial charge < -0.3 is 9.64 Å². The number of rotatable bonds is 5. The zero-order valence-electron chi connectivity index (χ0n) is 22.8. The highest BCUT2D eigenvalue weighted by Gasteiger charge is 2.28. The summed E-state index contributed by atoms with van der Waals surface area (Å²) in [6, 6.07) is 11.5. The number of aromatic amines is 1. The maximum Gasteiger partial charge on any atom is 0.229 e. The third-order valence-electron chi connectivity index (χ3n) is 7.72. The summed E-state index contributed by atoms with van der Waals surface area (Å²) in [7, 11) is 0. The molecule has 2 aromatic carbocycles. The number of ether oxygens (including phenoxy) is 1. The summed E-state index contributed by atoms with van der Waals surface area (Å²) in [5.41, 5.74) is 4.57. The number of hydrogen-bond donors (Lipinski definition) is 1. The number of imidazole rings is 1. The molecule has 11 heteroatoms. The molecular formula is C30H28Cl2N6O3. The number of nitrogens with one attached hydrogen (secondary N) is 1. The molecule has 1 N–H and O–H groups in total. The number of H-pyrrole nitrogens is 1. The Bertz CT molecular complexity index is 1780. The predicted octanol–water partition coefficient (Wildman–Crippen LogP) is 6.81. The van der Waals surface area contributed by atoms with Gasteiger partial charge in [-0.1, -0.05) is 29.3 Å². The maximum atomic E-state index is 12.9. The molecule has 4 heterocycles. The van der Waals surface area contributed by atoms with Crippen LogP contribution in [0.25, 0.3) is 33.2 Å². The molecule has 1 aliphatic rings. The number of piperidine rings is 1. The van der Waals surface area contributed by atoms with Crippen molar-refractivity contribution in [1.29, 1.82) is 0 Å². The molecule has 6 rings (SSSR count). The van der Waals surface area contributed by atoms with Crippen LogP contribution in [-0.2, 0) is 4.79 Å². The van der Waals surface area contributed by atoms with E-state index in [9.17, 15) is 9.59 Å². The van der Waals surface area contributed by atoms with Crippen molar-refractivity contribution in [2.24, 2.45) is 0 Å². The van der Waals surface area contributed by atoms with Crippen molar-refractivity contribution in [3.05, 3.63) is 70.2 Å². The van der Waals surface area contributed by atoms with Crippen LogP contribution >= 0.6 is 23.2 Å². The molecule has 0 unspecified atom stereocenters. The molecule has 1 aliphatic heterocycles. The molecule has 9 nitrogen and oxygen atoms in total. The summed E-state index contributed by atoms with van der Waals surface area (Å²) in [6.45, 7) is 6.35. The first-order chi connectivity index (χ1) is 19.7. The molecule has 1 saturated heterocycles. The van der Waals surface area contributed by atoms with Gasteiger partial charge in [0.2, 0.25) is 11.8 Å². The van der Waals surface area contributed by atoms with Crippen LogP contribution in [0, 0.1) is 0 Å². The minimum atomic E-state index is -0.409. The molecular weight excluding hydrogens is 563 g/mol. The molecule has 1 amide bonds. The normalized spacial score (nSPS) is 15.0. The Morgan fingerprint density at radius 1 is 1.02 bits per heavy atom. The molecule has 210 valence electrons. The van der Waals surface area contributed by atoms with Crippen molar-refractivity contribution < 1.29 is 14.3 Å². The molecule has 0 bridgehead atoms. The Balaban J connectivity index is 1.35. The first-order valence-corrected chi connectivity index (χ1v) is 14.2. The van der Waals surface area contributed by atoms with Gasteiger partial charge in [0.15, 0.2) is 0 Å². The van der Waals surface area contributed by atoms with Gasteiger partial charge in [0.1, 0.15) is 23.4 Å². The second-order valence-electron chi connectivity index (χ2n) is 10.4. The summed E-state index contributed by atoms with van der Waals surface area (Å²) in [5, 5.41) is 9.43. The second-order valence-corrected chi connectivity index (χ2v) is 11.2. The molecule has 0 radical (unpaired) electrons. The number of nitrogens with zero attached hydrogens (tertiary/aromatic N) is 5. The molecule has 0 spiro atoms. The van der Waals surface area contributed by atoms with Crippen molar-refractivity contribution in [3.63, 3.8) is 0 Å². The number of benzene rings is 2. The van der Waals surface area contributed by atoms with E-state index in [4.69, 9.17) is 32.9 Å². The van der Waals surface area contributed by atoms with Gasteiger partial charge in [-0.15, -0.1) is 0 Å². The van der Waals surface area contributed by atoms with E-state index in [1.54, 1.807) is 30.8 Å². The van der Waals surface area contributed by atoms with E-state index < -0.39 is 6.10 Å². The van der Waals surface area contributed by atoms with E-state index in [0.29, 0.717) is 34.4 Å². The zero-order chi connectivity index (χ0) is 28.8. The lowest BCUT2D eigenvalue weighted by Crippen LogP contribution is -2.37. The monoisotopic (exact) mass is 590 g/mol. The van der Waals surface area contributed by atoms with Gasteiger partial charge in [-0.25, -0.2) is 4.98 Å². The van der Waals surface area contributed by atoms with E-state index in [0.717, 1.165) is 51.9 Å². The molecule has 5 aromatic rings. The average Bonchev–Trinajstić information content (AvgIpc) is 3.54. The largest absolute Gasteiger partial charge is 0.486 e. The Morgan fingerprint density at radius 2 is 1.76 bits per heavy atom. The summed E-state index contributed by atoms with van der Waals surface area (Å²) in [4.78, 5) is 35.4. The lowest BCUT2D eigenvalue weighted by atomic mass is 9.96. The van der Waals surface area contributed by atoms with Crippen molar-refractivity contribution in [2.45, 2.75) is 45.6 Å². The molecule has 0 aliphatic carbocycles. The molecule has 0 saturated carbocycles. The van der Waals surface area contributed by atoms with E-state index in [1.165, 1.54) is 0 Å². The fourth-order valence-corrected chi connectivity index (χ4v) is 6.33. The van der Waals surface area contributed by atoms with E-state index in [-0.39, 0.29) is 17.7 Å². The van der Waals surface area contributed by atoms with Crippen molar-refractivity contribution in [1.82, 2.24) is 29.6 Å². The summed E-state index contributed by atoms with van der Waals surface area (Å²) in [5.74, 6) is 1.45. The van der Waals surface area contributed by atoms with Gasteiger partial charge in [0, 0.05) is 61.8 Å². The maximum absolute atomic E-state index is 12.9. The first-order valence-electron chi connectivity index (χ1n) is 13.4. The highest BCUT2D eigenvalue weighted by atomic mass is 35.5. The SMILES string of the molecule is CC(=O)N1CCC(c2nc3ccc(-c4n[nH]c5ccc(O[C@H](C)c6c(Cl)cncc6Cl)cc45)cc3n2C(C)=O)CC1. The highest BCUT2D eigenvalue weighted by Crippen LogP contribution is 2.36. The van der Waals surface area contributed by atoms with Gasteiger partial charge in [0.05, 0.1) is 26.6 Å². The molecule has 3 aromatic heterocycles. The number of likely N-dealkylation sites (tertiary alicyclic amines) is 1. The van der Waals surface area contributed by atoms with Crippen LogP contribution in [0.5, 0.6) is 5.75 Å². The van der Waals surface area contributed by atoms with Gasteiger partial charge >= 0.3 is 0 Å². The fraction of sp³-hybridized carbons (Fsp3) is 0.300. The third kappa shape index (κ3) is 5.04. The number of amides is 1. The van der Waals surface area contributed by atoms with Crippen LogP contribution in [0.4, 0.5) is 0 Å². The summed E-state index contributed by atoms with van der Waals surface area (Å²) in [6.07, 6.45) is 4.21. The number of hydrogen-bond acceptors (Lipinski definition) is 6. The van der Waals surface area contributed by atoms with Gasteiger partial charge in [0.25, 0.3) is 0 Å². The predicted molar refractivity (Wildman–Crippen MR) is 159 cm³/mol. The molecule has 41 heavy (non-hydrogen) atoms. The van der Waals surface area contributed by atoms with Crippen LogP contribution < -0.4 is 4.74 Å². The topological polar surface area (TPSA) is 106 Å². The van der Waals surface area contributed by atoms with Gasteiger partial charge in [-0.2, -0.15) is 5.10 Å². The standard InChI is InChI=1S/C30H28Cl2N6O3/c1-16(28-23(31)14-33-15-24(28)32)41-21-5-7-25-22(13-21)29(36-35-25)20-4-6-26-27(12-20)38(18(3)40)30(34-26)19-8-10-37(11-9-19)17(2)39/h4-7,12-16,19H,8-11H2,1-3H3,(H,35,36)/t16-/m1/s1. The lowest BCUT2D eigenvalue weighted by molar-refractivity contribution is -0.129. The third-order valence-corrected chi connectivity index (χ3v) is 8.32. The lowest BCUT2D eigenvalue weighted by Gasteiger charge is -2.30. The fourth-order valence-electron chi connectivity index (χ4n) is 5.66. The number of aromatic nitrogens is 5. The van der Waals surface area contributed by atoms with Crippen LogP contribution in [-0.4, -0.2) is 54.5 Å². The van der Waals surface area contributed by atoms with Crippen LogP contribution in [0.1, 0.15) is 61.8 Å². The Kier molecular flexibility index (Phi) is 7.17. The Hall–Kier alpha value is -3.95. The zero-order valence-corrected chi connectivity index (χ0v) is 24.3. The van der Waals surface area contributed by atoms with Crippen LogP contribution in [0.3, 0.4) is 0 Å². The van der Waals surface area contributed by atoms with E-state index in [1.807, 2.05) is 48.2 Å². The smallest absolute Gasteiger partial charge is 0.229 e. The van der Waals surface area contributed by atoms with Crippen molar-refractivity contribution in [2.75, 3.05) is 13.1 Å².